The largest absolute Gasteiger partial charge is 0.392 e. The van der Waals surface area contributed by atoms with Crippen molar-refractivity contribution in [2.75, 3.05) is 13.1 Å². The first-order valence-corrected chi connectivity index (χ1v) is 9.59. The number of guanidine groups is 1. The van der Waals surface area contributed by atoms with E-state index in [0.29, 0.717) is 6.54 Å². The molecule has 1 aromatic heterocycles. The van der Waals surface area contributed by atoms with Crippen LogP contribution in [0.2, 0.25) is 0 Å². The molecule has 0 aromatic carbocycles. The Hall–Kier alpha value is -1.14. The second-order valence-corrected chi connectivity index (χ2v) is 7.49. The van der Waals surface area contributed by atoms with Crippen molar-refractivity contribution in [1.82, 2.24) is 15.6 Å². The molecule has 3 N–H and O–H groups in total. The lowest BCUT2D eigenvalue weighted by molar-refractivity contribution is 0.00397. The number of aryl methyl sites for hydroxylation is 1. The fraction of sp³-hybridized carbons (Fsp3) is 0.765. The Morgan fingerprint density at radius 2 is 2.26 bits per heavy atom. The molecule has 6 heteroatoms. The molecule has 0 amide bonds. The topological polar surface area (TPSA) is 69.5 Å². The van der Waals surface area contributed by atoms with Crippen molar-refractivity contribution < 1.29 is 5.11 Å². The predicted octanol–water partition coefficient (Wildman–Crippen LogP) is 2.70. The van der Waals surface area contributed by atoms with Gasteiger partial charge in [-0.25, -0.2) is 9.98 Å². The normalized spacial score (nSPS) is 25.4. The molecule has 1 aliphatic carbocycles. The molecule has 1 aromatic rings. The molecule has 130 valence electrons. The summed E-state index contributed by atoms with van der Waals surface area (Å²) < 4.78 is 0. The fourth-order valence-electron chi connectivity index (χ4n) is 2.96. The van der Waals surface area contributed by atoms with E-state index in [9.17, 15) is 5.11 Å². The van der Waals surface area contributed by atoms with E-state index >= 15 is 0 Å². The number of aliphatic hydroxyl groups excluding tert-OH is 1. The summed E-state index contributed by atoms with van der Waals surface area (Å²) in [6.45, 7) is 8.51. The van der Waals surface area contributed by atoms with Crippen molar-refractivity contribution in [2.24, 2.45) is 10.4 Å². The van der Waals surface area contributed by atoms with Crippen LogP contribution in [0.25, 0.3) is 0 Å². The van der Waals surface area contributed by atoms with E-state index in [1.165, 1.54) is 6.42 Å². The maximum Gasteiger partial charge on any atom is 0.191 e. The van der Waals surface area contributed by atoms with Crippen LogP contribution in [0.3, 0.4) is 0 Å². The SMILES string of the molecule is CCNC(=NCc1csc(CC)n1)NCC1(C)CCCCC1O. The summed E-state index contributed by atoms with van der Waals surface area (Å²) >= 11 is 1.70. The molecule has 2 rings (SSSR count). The number of nitrogens with one attached hydrogen (secondary N) is 2. The average molecular weight is 339 g/mol. The summed E-state index contributed by atoms with van der Waals surface area (Å²) in [4.78, 5) is 9.18. The van der Waals surface area contributed by atoms with Crippen molar-refractivity contribution in [3.63, 3.8) is 0 Å². The molecular weight excluding hydrogens is 308 g/mol. The Labute approximate surface area is 143 Å². The van der Waals surface area contributed by atoms with Crippen molar-refractivity contribution in [3.05, 3.63) is 16.1 Å². The van der Waals surface area contributed by atoms with Gasteiger partial charge in [0, 0.05) is 23.9 Å². The molecule has 1 heterocycles. The number of hydrogen-bond acceptors (Lipinski definition) is 4. The van der Waals surface area contributed by atoms with E-state index in [1.54, 1.807) is 11.3 Å². The molecular formula is C17H30N4OS. The average Bonchev–Trinajstić information content (AvgIpc) is 3.01. The van der Waals surface area contributed by atoms with Crippen LogP contribution in [-0.2, 0) is 13.0 Å². The summed E-state index contributed by atoms with van der Waals surface area (Å²) in [6, 6.07) is 0. The lowest BCUT2D eigenvalue weighted by Crippen LogP contribution is -2.48. The second kappa shape index (κ2) is 8.64. The molecule has 0 aliphatic heterocycles. The Bertz CT molecular complexity index is 516. The van der Waals surface area contributed by atoms with Gasteiger partial charge in [0.1, 0.15) is 0 Å². The molecule has 1 fully saturated rings. The zero-order chi connectivity index (χ0) is 16.7. The van der Waals surface area contributed by atoms with Gasteiger partial charge in [0.2, 0.25) is 0 Å². The second-order valence-electron chi connectivity index (χ2n) is 6.55. The van der Waals surface area contributed by atoms with E-state index in [0.717, 1.165) is 55.4 Å². The van der Waals surface area contributed by atoms with Crippen LogP contribution < -0.4 is 10.6 Å². The molecule has 0 radical (unpaired) electrons. The third-order valence-corrected chi connectivity index (χ3v) is 5.63. The minimum atomic E-state index is -0.225. The summed E-state index contributed by atoms with van der Waals surface area (Å²) in [6.07, 6.45) is 5.05. The monoisotopic (exact) mass is 338 g/mol. The van der Waals surface area contributed by atoms with Gasteiger partial charge < -0.3 is 15.7 Å². The Morgan fingerprint density at radius 3 is 2.91 bits per heavy atom. The van der Waals surface area contributed by atoms with E-state index in [1.807, 2.05) is 0 Å². The van der Waals surface area contributed by atoms with E-state index in [2.05, 4.69) is 46.8 Å². The molecule has 5 nitrogen and oxygen atoms in total. The maximum atomic E-state index is 10.3. The zero-order valence-electron chi connectivity index (χ0n) is 14.6. The highest BCUT2D eigenvalue weighted by Gasteiger charge is 2.35. The third-order valence-electron chi connectivity index (χ3n) is 4.58. The third kappa shape index (κ3) is 5.18. The smallest absolute Gasteiger partial charge is 0.191 e. The lowest BCUT2D eigenvalue weighted by Gasteiger charge is -2.38. The number of nitrogens with zero attached hydrogens (tertiary/aromatic N) is 2. The van der Waals surface area contributed by atoms with Crippen LogP contribution in [0.4, 0.5) is 0 Å². The van der Waals surface area contributed by atoms with Crippen LogP contribution in [0.15, 0.2) is 10.4 Å². The van der Waals surface area contributed by atoms with Crippen molar-refractivity contribution in [3.8, 4) is 0 Å². The Kier molecular flexibility index (Phi) is 6.84. The number of aliphatic hydroxyl groups is 1. The fourth-order valence-corrected chi connectivity index (χ4v) is 3.70. The summed E-state index contributed by atoms with van der Waals surface area (Å²) in [5, 5.41) is 20.2. The van der Waals surface area contributed by atoms with Gasteiger partial charge in [-0.1, -0.05) is 26.7 Å². The van der Waals surface area contributed by atoms with Crippen molar-refractivity contribution >= 4 is 17.3 Å². The number of hydrogen-bond donors (Lipinski definition) is 3. The summed E-state index contributed by atoms with van der Waals surface area (Å²) in [7, 11) is 0. The summed E-state index contributed by atoms with van der Waals surface area (Å²) in [5.41, 5.74) is 0.956. The quantitative estimate of drug-likeness (QED) is 0.551. The Balaban J connectivity index is 1.93. The lowest BCUT2D eigenvalue weighted by atomic mass is 9.73. The number of rotatable bonds is 6. The van der Waals surface area contributed by atoms with Gasteiger partial charge in [-0.2, -0.15) is 0 Å². The number of aliphatic imine (C=N–C) groups is 1. The first-order valence-electron chi connectivity index (χ1n) is 8.71. The van der Waals surface area contributed by atoms with Crippen LogP contribution >= 0.6 is 11.3 Å². The molecule has 1 saturated carbocycles. The predicted molar refractivity (Wildman–Crippen MR) is 96.9 cm³/mol. The van der Waals surface area contributed by atoms with Crippen molar-refractivity contribution in [2.45, 2.75) is 65.5 Å². The van der Waals surface area contributed by atoms with Crippen LogP contribution in [0, 0.1) is 5.41 Å². The molecule has 0 bridgehead atoms. The van der Waals surface area contributed by atoms with Gasteiger partial charge in [0.25, 0.3) is 0 Å². The van der Waals surface area contributed by atoms with Gasteiger partial charge in [-0.15, -0.1) is 11.3 Å². The Morgan fingerprint density at radius 1 is 1.43 bits per heavy atom. The van der Waals surface area contributed by atoms with Gasteiger partial charge >= 0.3 is 0 Å². The molecule has 0 saturated heterocycles. The highest BCUT2D eigenvalue weighted by Crippen LogP contribution is 2.35. The van der Waals surface area contributed by atoms with Gasteiger partial charge in [0.15, 0.2) is 5.96 Å². The summed E-state index contributed by atoms with van der Waals surface area (Å²) in [5.74, 6) is 0.803. The highest BCUT2D eigenvalue weighted by molar-refractivity contribution is 7.09. The van der Waals surface area contributed by atoms with Gasteiger partial charge in [-0.05, 0) is 26.2 Å². The minimum Gasteiger partial charge on any atom is -0.392 e. The standard InChI is InChI=1S/C17H30N4OS/c1-4-15-21-13(11-23-15)10-19-16(18-5-2)20-12-17(3)9-7-6-8-14(17)22/h11,14,22H,4-10,12H2,1-3H3,(H2,18,19,20). The van der Waals surface area contributed by atoms with Gasteiger partial charge in [-0.3, -0.25) is 0 Å². The number of thiazole rings is 1. The van der Waals surface area contributed by atoms with E-state index < -0.39 is 0 Å². The van der Waals surface area contributed by atoms with Crippen LogP contribution in [0.1, 0.15) is 57.2 Å². The highest BCUT2D eigenvalue weighted by atomic mass is 32.1. The molecule has 2 atom stereocenters. The number of aromatic nitrogens is 1. The minimum absolute atomic E-state index is 0.0650. The zero-order valence-corrected chi connectivity index (χ0v) is 15.4. The first-order chi connectivity index (χ1) is 11.1. The maximum absolute atomic E-state index is 10.3. The molecule has 23 heavy (non-hydrogen) atoms. The molecule has 0 spiro atoms. The molecule has 1 aliphatic rings. The molecule has 2 unspecified atom stereocenters. The van der Waals surface area contributed by atoms with Crippen LogP contribution in [-0.4, -0.2) is 35.2 Å². The van der Waals surface area contributed by atoms with E-state index in [4.69, 9.17) is 0 Å². The van der Waals surface area contributed by atoms with Crippen molar-refractivity contribution in [1.29, 1.82) is 0 Å². The van der Waals surface area contributed by atoms with Crippen LogP contribution in [0.5, 0.6) is 0 Å². The van der Waals surface area contributed by atoms with E-state index in [-0.39, 0.29) is 11.5 Å². The van der Waals surface area contributed by atoms with Gasteiger partial charge in [0.05, 0.1) is 23.4 Å². The first kappa shape index (κ1) is 18.2.